The van der Waals surface area contributed by atoms with Crippen LogP contribution in [-0.4, -0.2) is 16.9 Å². The van der Waals surface area contributed by atoms with Crippen LogP contribution in [0.2, 0.25) is 0 Å². The van der Waals surface area contributed by atoms with Crippen molar-refractivity contribution in [3.8, 4) is 0 Å². The SMILES string of the molecule is CCC[C@@H](Br)C(=O)O[C@H]1CC[C@@]2(C)C(=CC[C@H]3[C@H]4CC[C@H]([C@H](C)CCCC(C)C)[C@@]4(C)CC[C@@H]32)C1. The maximum absolute atomic E-state index is 12.5. The lowest BCUT2D eigenvalue weighted by Gasteiger charge is -2.58. The van der Waals surface area contributed by atoms with Crippen molar-refractivity contribution in [3.63, 3.8) is 0 Å². The van der Waals surface area contributed by atoms with Gasteiger partial charge in [-0.15, -0.1) is 0 Å². The number of carbonyl (C=O) groups excluding carboxylic acids is 1. The van der Waals surface area contributed by atoms with E-state index in [1.54, 1.807) is 5.57 Å². The van der Waals surface area contributed by atoms with Crippen LogP contribution in [0.4, 0.5) is 0 Å². The number of halogens is 1. The fourth-order valence-electron chi connectivity index (χ4n) is 9.36. The number of hydrogen-bond donors (Lipinski definition) is 0. The molecule has 0 N–H and O–H groups in total. The van der Waals surface area contributed by atoms with E-state index in [1.165, 1.54) is 57.8 Å². The second-order valence-corrected chi connectivity index (χ2v) is 15.0. The smallest absolute Gasteiger partial charge is 0.320 e. The van der Waals surface area contributed by atoms with Gasteiger partial charge < -0.3 is 4.74 Å². The zero-order valence-electron chi connectivity index (χ0n) is 23.6. The third-order valence-electron chi connectivity index (χ3n) is 11.3. The van der Waals surface area contributed by atoms with Crippen molar-refractivity contribution < 1.29 is 9.53 Å². The summed E-state index contributed by atoms with van der Waals surface area (Å²) >= 11 is 3.53. The van der Waals surface area contributed by atoms with Gasteiger partial charge in [-0.05, 0) is 97.7 Å². The maximum Gasteiger partial charge on any atom is 0.320 e. The number of allylic oxidation sites excluding steroid dienone is 1. The van der Waals surface area contributed by atoms with Crippen LogP contribution in [0.15, 0.2) is 11.6 Å². The second kappa shape index (κ2) is 11.2. The minimum absolute atomic E-state index is 0.0531. The highest BCUT2D eigenvalue weighted by molar-refractivity contribution is 9.10. The van der Waals surface area contributed by atoms with Crippen molar-refractivity contribution in [2.45, 2.75) is 136 Å². The first-order valence-corrected chi connectivity index (χ1v) is 16.1. The largest absolute Gasteiger partial charge is 0.461 e. The Morgan fingerprint density at radius 2 is 1.83 bits per heavy atom. The lowest BCUT2D eigenvalue weighted by atomic mass is 9.47. The van der Waals surface area contributed by atoms with E-state index >= 15 is 0 Å². The second-order valence-electron chi connectivity index (χ2n) is 13.8. The molecule has 3 heteroatoms. The number of esters is 1. The van der Waals surface area contributed by atoms with Gasteiger partial charge in [0, 0.05) is 6.42 Å². The fourth-order valence-corrected chi connectivity index (χ4v) is 9.93. The Morgan fingerprint density at radius 3 is 2.54 bits per heavy atom. The highest BCUT2D eigenvalue weighted by atomic mass is 79.9. The summed E-state index contributed by atoms with van der Waals surface area (Å²) in [7, 11) is 0. The standard InChI is InChI=1S/C32H53BrO2/c1-7-9-29(33)30(34)35-24-16-18-31(5)23(20-24)12-13-25-27-15-14-26(22(4)11-8-10-21(2)3)32(27,6)19-17-28(25)31/h12,21-22,24-29H,7-11,13-20H2,1-6H3/t22-,24+,25+,26-,27-,28+,29-,31+,32-/m1/s1. The molecule has 2 nitrogen and oxygen atoms in total. The Bertz CT molecular complexity index is 774. The van der Waals surface area contributed by atoms with Gasteiger partial charge in [0.05, 0.1) is 0 Å². The summed E-state index contributed by atoms with van der Waals surface area (Å²) in [6.45, 7) is 14.7. The third-order valence-corrected chi connectivity index (χ3v) is 12.2. The molecule has 0 heterocycles. The van der Waals surface area contributed by atoms with Crippen molar-refractivity contribution in [1.29, 1.82) is 0 Å². The van der Waals surface area contributed by atoms with Gasteiger partial charge in [0.2, 0.25) is 0 Å². The first kappa shape index (κ1) is 27.7. The molecule has 0 aliphatic heterocycles. The molecule has 3 fully saturated rings. The first-order valence-electron chi connectivity index (χ1n) is 15.1. The quantitative estimate of drug-likeness (QED) is 0.163. The van der Waals surface area contributed by atoms with Crippen LogP contribution >= 0.6 is 15.9 Å². The molecule has 0 aromatic carbocycles. The normalized spacial score (nSPS) is 40.3. The summed E-state index contributed by atoms with van der Waals surface area (Å²) < 4.78 is 5.98. The van der Waals surface area contributed by atoms with Crippen LogP contribution < -0.4 is 0 Å². The molecule has 0 saturated heterocycles. The number of rotatable bonds is 9. The third kappa shape index (κ3) is 5.46. The van der Waals surface area contributed by atoms with E-state index in [4.69, 9.17) is 4.74 Å². The molecule has 35 heavy (non-hydrogen) atoms. The molecule has 4 rings (SSSR count). The number of carbonyl (C=O) groups is 1. The van der Waals surface area contributed by atoms with Crippen LogP contribution in [0.1, 0.15) is 125 Å². The van der Waals surface area contributed by atoms with E-state index in [1.807, 2.05) is 0 Å². The molecule has 0 amide bonds. The summed E-state index contributed by atoms with van der Waals surface area (Å²) in [5.74, 6) is 5.19. The Morgan fingerprint density at radius 1 is 1.06 bits per heavy atom. The van der Waals surface area contributed by atoms with E-state index in [0.29, 0.717) is 10.8 Å². The Labute approximate surface area is 224 Å². The lowest BCUT2D eigenvalue weighted by Crippen LogP contribution is -2.51. The summed E-state index contributed by atoms with van der Waals surface area (Å²) in [6, 6.07) is 0. The monoisotopic (exact) mass is 548 g/mol. The Hall–Kier alpha value is -0.310. The minimum atomic E-state index is -0.148. The van der Waals surface area contributed by atoms with Gasteiger partial charge in [-0.3, -0.25) is 4.79 Å². The van der Waals surface area contributed by atoms with Crippen molar-refractivity contribution in [2.75, 3.05) is 0 Å². The molecule has 200 valence electrons. The molecule has 0 aromatic rings. The topological polar surface area (TPSA) is 26.3 Å². The van der Waals surface area contributed by atoms with Gasteiger partial charge in [-0.2, -0.15) is 0 Å². The summed E-state index contributed by atoms with van der Waals surface area (Å²) in [5, 5.41) is 0. The van der Waals surface area contributed by atoms with Gasteiger partial charge in [0.15, 0.2) is 0 Å². The van der Waals surface area contributed by atoms with Gasteiger partial charge >= 0.3 is 5.97 Å². The summed E-state index contributed by atoms with van der Waals surface area (Å²) in [4.78, 5) is 12.4. The minimum Gasteiger partial charge on any atom is -0.461 e. The van der Waals surface area contributed by atoms with Crippen LogP contribution in [-0.2, 0) is 9.53 Å². The lowest BCUT2D eigenvalue weighted by molar-refractivity contribution is -0.150. The van der Waals surface area contributed by atoms with E-state index in [2.05, 4.69) is 63.5 Å². The molecule has 0 aromatic heterocycles. The highest BCUT2D eigenvalue weighted by Crippen LogP contribution is 2.67. The molecule has 0 unspecified atom stereocenters. The molecule has 0 spiro atoms. The average molecular weight is 550 g/mol. The van der Waals surface area contributed by atoms with Crippen LogP contribution in [0.25, 0.3) is 0 Å². The van der Waals surface area contributed by atoms with Gasteiger partial charge in [0.25, 0.3) is 0 Å². The molecule has 0 bridgehead atoms. The molecule has 3 saturated carbocycles. The van der Waals surface area contributed by atoms with Crippen molar-refractivity contribution in [1.82, 2.24) is 0 Å². The predicted octanol–water partition coefficient (Wildman–Crippen LogP) is 9.50. The highest BCUT2D eigenvalue weighted by Gasteiger charge is 2.59. The van der Waals surface area contributed by atoms with Gasteiger partial charge in [-0.1, -0.05) is 94.8 Å². The van der Waals surface area contributed by atoms with Gasteiger partial charge in [0.1, 0.15) is 10.9 Å². The number of hydrogen-bond acceptors (Lipinski definition) is 2. The van der Waals surface area contributed by atoms with E-state index in [0.717, 1.165) is 61.2 Å². The predicted molar refractivity (Wildman–Crippen MR) is 151 cm³/mol. The van der Waals surface area contributed by atoms with Crippen LogP contribution in [0.3, 0.4) is 0 Å². The fraction of sp³-hybridized carbons (Fsp3) is 0.906. The van der Waals surface area contributed by atoms with E-state index in [9.17, 15) is 4.79 Å². The van der Waals surface area contributed by atoms with Crippen molar-refractivity contribution >= 4 is 21.9 Å². The van der Waals surface area contributed by atoms with Crippen LogP contribution in [0.5, 0.6) is 0 Å². The molecular formula is C32H53BrO2. The van der Waals surface area contributed by atoms with Crippen molar-refractivity contribution in [2.24, 2.45) is 46.3 Å². The number of fused-ring (bicyclic) bond motifs is 5. The maximum atomic E-state index is 12.5. The number of alkyl halides is 1. The first-order chi connectivity index (χ1) is 16.6. The zero-order chi connectivity index (χ0) is 25.4. The van der Waals surface area contributed by atoms with Crippen molar-refractivity contribution in [3.05, 3.63) is 11.6 Å². The number of ether oxygens (including phenoxy) is 1. The van der Waals surface area contributed by atoms with Gasteiger partial charge in [-0.25, -0.2) is 0 Å². The molecule has 0 radical (unpaired) electrons. The summed E-state index contributed by atoms with van der Waals surface area (Å²) in [6.07, 6.45) is 19.0. The molecular weight excluding hydrogens is 496 g/mol. The van der Waals surface area contributed by atoms with E-state index < -0.39 is 0 Å². The average Bonchev–Trinajstić information content (AvgIpc) is 3.16. The molecule has 4 aliphatic carbocycles. The molecule has 4 aliphatic rings. The van der Waals surface area contributed by atoms with Crippen LogP contribution in [0, 0.1) is 46.3 Å². The summed E-state index contributed by atoms with van der Waals surface area (Å²) in [5.41, 5.74) is 2.49. The Kier molecular flexibility index (Phi) is 8.87. The van der Waals surface area contributed by atoms with E-state index in [-0.39, 0.29) is 16.9 Å². The Balaban J connectivity index is 1.42. The molecule has 9 atom stereocenters. The zero-order valence-corrected chi connectivity index (χ0v) is 25.2.